The largest absolute Gasteiger partial charge is 0.327 e. The van der Waals surface area contributed by atoms with Crippen LogP contribution in [-0.4, -0.2) is 26.0 Å². The lowest BCUT2D eigenvalue weighted by Gasteiger charge is -2.24. The van der Waals surface area contributed by atoms with Crippen LogP contribution in [-0.2, 0) is 7.05 Å². The van der Waals surface area contributed by atoms with Crippen LogP contribution in [0.3, 0.4) is 0 Å². The fourth-order valence-electron chi connectivity index (χ4n) is 3.56. The van der Waals surface area contributed by atoms with E-state index in [1.54, 1.807) is 0 Å². The topological polar surface area (TPSA) is 68.0 Å². The molecular weight excluding hydrogens is 312 g/mol. The van der Waals surface area contributed by atoms with Gasteiger partial charge in [-0.05, 0) is 31.7 Å². The molecule has 2 atom stereocenters. The number of hydrogen-bond acceptors (Lipinski definition) is 5. The summed E-state index contributed by atoms with van der Waals surface area (Å²) in [6, 6.07) is 8.12. The molecule has 0 spiro atoms. The van der Waals surface area contributed by atoms with Gasteiger partial charge in [-0.15, -0.1) is 10.2 Å². The first-order valence-electron chi connectivity index (χ1n) is 8.66. The number of hydrogen-bond donors (Lipinski definition) is 1. The van der Waals surface area contributed by atoms with Crippen LogP contribution in [0, 0.1) is 11.8 Å². The molecule has 25 heavy (non-hydrogen) atoms. The van der Waals surface area contributed by atoms with E-state index >= 15 is 0 Å². The summed E-state index contributed by atoms with van der Waals surface area (Å²) in [5.74, 6) is 1.48. The summed E-state index contributed by atoms with van der Waals surface area (Å²) < 4.78 is 2.03. The van der Waals surface area contributed by atoms with E-state index in [1.807, 2.05) is 36.0 Å². The smallest absolute Gasteiger partial charge is 0.265 e. The van der Waals surface area contributed by atoms with Crippen LogP contribution in [0.2, 0.25) is 0 Å². The number of aryl methyl sites for hydroxylation is 1. The maximum atomic E-state index is 4.58. The van der Waals surface area contributed by atoms with E-state index in [1.165, 1.54) is 5.57 Å². The number of nitrogens with zero attached hydrogens (tertiary/aromatic N) is 5. The Morgan fingerprint density at radius 2 is 2.12 bits per heavy atom. The number of para-hydroxylation sites is 1. The van der Waals surface area contributed by atoms with E-state index in [0.717, 1.165) is 34.9 Å². The summed E-state index contributed by atoms with van der Waals surface area (Å²) in [7, 11) is 1.99. The van der Waals surface area contributed by atoms with Gasteiger partial charge in [0.05, 0.1) is 5.52 Å². The normalized spacial score (nSPS) is 21.2. The minimum atomic E-state index is 0.421. The molecule has 1 aromatic carbocycles. The number of hydrazone groups is 1. The maximum absolute atomic E-state index is 4.58. The zero-order valence-electron chi connectivity index (χ0n) is 14.8. The van der Waals surface area contributed by atoms with Gasteiger partial charge in [0, 0.05) is 24.6 Å². The number of rotatable bonds is 3. The van der Waals surface area contributed by atoms with Crippen molar-refractivity contribution in [3.05, 3.63) is 35.9 Å². The Bertz CT molecular complexity index is 984. The van der Waals surface area contributed by atoms with Crippen molar-refractivity contribution in [2.24, 2.45) is 24.0 Å². The van der Waals surface area contributed by atoms with Crippen molar-refractivity contribution < 1.29 is 0 Å². The molecule has 2 heterocycles. The van der Waals surface area contributed by atoms with Gasteiger partial charge in [-0.3, -0.25) is 0 Å². The molecule has 6 nitrogen and oxygen atoms in total. The minimum Gasteiger partial charge on any atom is -0.327 e. The highest BCUT2D eigenvalue weighted by molar-refractivity contribution is 6.04. The van der Waals surface area contributed by atoms with Gasteiger partial charge in [-0.25, -0.2) is 5.43 Å². The van der Waals surface area contributed by atoms with Crippen molar-refractivity contribution in [3.63, 3.8) is 0 Å². The molecule has 0 saturated carbocycles. The van der Waals surface area contributed by atoms with E-state index in [9.17, 15) is 0 Å². The second kappa shape index (κ2) is 6.27. The SMILES string of the molecule is CC1=CC[C@H](/C=N\Nc2nnc3c4ccccc4n(C)c3n2)[C@@H](C)C1. The summed E-state index contributed by atoms with van der Waals surface area (Å²) in [5.41, 5.74) is 7.12. The lowest BCUT2D eigenvalue weighted by atomic mass is 9.82. The van der Waals surface area contributed by atoms with Crippen LogP contribution in [0.15, 0.2) is 41.0 Å². The first-order valence-corrected chi connectivity index (χ1v) is 8.66. The summed E-state index contributed by atoms with van der Waals surface area (Å²) >= 11 is 0. The Morgan fingerprint density at radius 3 is 2.96 bits per heavy atom. The molecular formula is C19H22N6. The molecule has 0 bridgehead atoms. The summed E-state index contributed by atoms with van der Waals surface area (Å²) in [6.45, 7) is 4.47. The first kappa shape index (κ1) is 15.7. The molecule has 6 heteroatoms. The molecule has 4 rings (SSSR count). The number of aromatic nitrogens is 4. The third-order valence-electron chi connectivity index (χ3n) is 5.05. The fourth-order valence-corrected chi connectivity index (χ4v) is 3.56. The van der Waals surface area contributed by atoms with Gasteiger partial charge in [-0.2, -0.15) is 10.1 Å². The third-order valence-corrected chi connectivity index (χ3v) is 5.05. The molecule has 0 aliphatic heterocycles. The van der Waals surface area contributed by atoms with Gasteiger partial charge in [0.25, 0.3) is 5.95 Å². The highest BCUT2D eigenvalue weighted by atomic mass is 15.4. The molecule has 1 N–H and O–H groups in total. The summed E-state index contributed by atoms with van der Waals surface area (Å²) in [5, 5.41) is 13.9. The van der Waals surface area contributed by atoms with Crippen molar-refractivity contribution >= 4 is 34.2 Å². The summed E-state index contributed by atoms with van der Waals surface area (Å²) in [6.07, 6.45) is 6.45. The average Bonchev–Trinajstić information content (AvgIpc) is 2.90. The predicted octanol–water partition coefficient (Wildman–Crippen LogP) is 3.91. The molecule has 0 radical (unpaired) electrons. The number of nitrogens with one attached hydrogen (secondary N) is 1. The van der Waals surface area contributed by atoms with Gasteiger partial charge >= 0.3 is 0 Å². The monoisotopic (exact) mass is 334 g/mol. The van der Waals surface area contributed by atoms with Crippen LogP contribution in [0.5, 0.6) is 0 Å². The Balaban J connectivity index is 1.57. The molecule has 1 aliphatic rings. The van der Waals surface area contributed by atoms with E-state index < -0.39 is 0 Å². The number of anilines is 1. The highest BCUT2D eigenvalue weighted by Crippen LogP contribution is 2.28. The lowest BCUT2D eigenvalue weighted by molar-refractivity contribution is 0.438. The second-order valence-corrected chi connectivity index (χ2v) is 6.91. The molecule has 128 valence electrons. The van der Waals surface area contributed by atoms with Crippen LogP contribution in [0.4, 0.5) is 5.95 Å². The average molecular weight is 334 g/mol. The quantitative estimate of drug-likeness (QED) is 0.448. The van der Waals surface area contributed by atoms with Crippen molar-refractivity contribution in [1.29, 1.82) is 0 Å². The molecule has 2 aromatic heterocycles. The Kier molecular flexibility index (Phi) is 3.95. The van der Waals surface area contributed by atoms with Crippen molar-refractivity contribution in [1.82, 2.24) is 19.7 Å². The molecule has 0 unspecified atom stereocenters. The molecule has 0 fully saturated rings. The highest BCUT2D eigenvalue weighted by Gasteiger charge is 2.19. The Hall–Kier alpha value is -2.76. The van der Waals surface area contributed by atoms with Gasteiger partial charge in [0.1, 0.15) is 5.52 Å². The first-order chi connectivity index (χ1) is 12.1. The predicted molar refractivity (Wildman–Crippen MR) is 102 cm³/mol. The van der Waals surface area contributed by atoms with Crippen molar-refractivity contribution in [2.75, 3.05) is 5.43 Å². The van der Waals surface area contributed by atoms with Gasteiger partial charge in [-0.1, -0.05) is 36.8 Å². The Labute approximate surface area is 146 Å². The molecule has 1 aliphatic carbocycles. The minimum absolute atomic E-state index is 0.421. The van der Waals surface area contributed by atoms with Crippen LogP contribution >= 0.6 is 0 Å². The summed E-state index contributed by atoms with van der Waals surface area (Å²) in [4.78, 5) is 4.58. The fraction of sp³-hybridized carbons (Fsp3) is 0.368. The van der Waals surface area contributed by atoms with Crippen LogP contribution in [0.1, 0.15) is 26.7 Å². The standard InChI is InChI=1S/C19H22N6/c1-12-8-9-14(13(2)10-12)11-20-23-19-21-18-17(22-24-19)15-6-4-5-7-16(15)25(18)3/h4-8,11,13-14H,9-10H2,1-3H3,(H,21,23,24)/b20-11-/t13-,14+/m0/s1. The Morgan fingerprint density at radius 1 is 1.28 bits per heavy atom. The van der Waals surface area contributed by atoms with Gasteiger partial charge in [0.2, 0.25) is 0 Å². The number of benzene rings is 1. The van der Waals surface area contributed by atoms with E-state index in [-0.39, 0.29) is 0 Å². The molecule has 3 aromatic rings. The second-order valence-electron chi connectivity index (χ2n) is 6.91. The van der Waals surface area contributed by atoms with Crippen molar-refractivity contribution in [2.45, 2.75) is 26.7 Å². The molecule has 0 saturated heterocycles. The van der Waals surface area contributed by atoms with E-state index in [0.29, 0.717) is 17.8 Å². The van der Waals surface area contributed by atoms with Crippen LogP contribution in [0.25, 0.3) is 22.1 Å². The van der Waals surface area contributed by atoms with Gasteiger partial charge in [0.15, 0.2) is 5.65 Å². The van der Waals surface area contributed by atoms with Crippen LogP contribution < -0.4 is 5.43 Å². The zero-order valence-corrected chi connectivity index (χ0v) is 14.8. The lowest BCUT2D eigenvalue weighted by Crippen LogP contribution is -2.17. The van der Waals surface area contributed by atoms with E-state index in [4.69, 9.17) is 0 Å². The number of allylic oxidation sites excluding steroid dienone is 2. The molecule has 0 amide bonds. The maximum Gasteiger partial charge on any atom is 0.265 e. The van der Waals surface area contributed by atoms with Gasteiger partial charge < -0.3 is 4.57 Å². The zero-order chi connectivity index (χ0) is 17.4. The van der Waals surface area contributed by atoms with Crippen molar-refractivity contribution in [3.8, 4) is 0 Å². The van der Waals surface area contributed by atoms with E-state index in [2.05, 4.69) is 51.7 Å². The number of fused-ring (bicyclic) bond motifs is 3. The third kappa shape index (κ3) is 2.88.